The number of hydrogen-bond acceptors (Lipinski definition) is 4. The summed E-state index contributed by atoms with van der Waals surface area (Å²) in [6.45, 7) is 6.03. The van der Waals surface area contributed by atoms with E-state index in [1.54, 1.807) is 18.2 Å². The number of halogens is 1. The molecule has 1 aromatic rings. The van der Waals surface area contributed by atoms with Crippen molar-refractivity contribution >= 4 is 27.5 Å². The van der Waals surface area contributed by atoms with Crippen molar-refractivity contribution in [2.45, 2.75) is 31.2 Å². The molecular formula is C16H24ClN3O3S. The van der Waals surface area contributed by atoms with Gasteiger partial charge in [0.25, 0.3) is 0 Å². The van der Waals surface area contributed by atoms with Gasteiger partial charge in [0.2, 0.25) is 15.9 Å². The van der Waals surface area contributed by atoms with Crippen LogP contribution in [0.25, 0.3) is 0 Å². The van der Waals surface area contributed by atoms with E-state index in [-0.39, 0.29) is 21.9 Å². The summed E-state index contributed by atoms with van der Waals surface area (Å²) in [7, 11) is -3.59. The fraction of sp³-hybridized carbons (Fsp3) is 0.562. The number of nitrogens with one attached hydrogen (secondary N) is 1. The molecular weight excluding hydrogens is 350 g/mol. The Morgan fingerprint density at radius 1 is 1.25 bits per heavy atom. The fourth-order valence-electron chi connectivity index (χ4n) is 2.55. The molecule has 0 bridgehead atoms. The van der Waals surface area contributed by atoms with Crippen LogP contribution in [-0.2, 0) is 14.8 Å². The van der Waals surface area contributed by atoms with Crippen molar-refractivity contribution in [2.24, 2.45) is 0 Å². The monoisotopic (exact) mass is 373 g/mol. The summed E-state index contributed by atoms with van der Waals surface area (Å²) in [5, 5.41) is 3.15. The number of benzene rings is 1. The molecule has 1 amide bonds. The number of amides is 1. The third kappa shape index (κ3) is 4.69. The summed E-state index contributed by atoms with van der Waals surface area (Å²) in [5.74, 6) is -0.0215. The van der Waals surface area contributed by atoms with Gasteiger partial charge in [0, 0.05) is 32.2 Å². The van der Waals surface area contributed by atoms with Crippen LogP contribution in [0.2, 0.25) is 5.02 Å². The molecule has 1 fully saturated rings. The minimum Gasteiger partial charge on any atom is -0.353 e. The van der Waals surface area contributed by atoms with Crippen molar-refractivity contribution in [3.05, 3.63) is 29.3 Å². The van der Waals surface area contributed by atoms with E-state index in [0.717, 1.165) is 6.42 Å². The predicted molar refractivity (Wildman–Crippen MR) is 94.5 cm³/mol. The van der Waals surface area contributed by atoms with Crippen LogP contribution in [0, 0.1) is 0 Å². The lowest BCUT2D eigenvalue weighted by molar-refractivity contribution is -0.123. The zero-order valence-electron chi connectivity index (χ0n) is 14.0. The van der Waals surface area contributed by atoms with Crippen LogP contribution >= 0.6 is 11.6 Å². The first-order valence-corrected chi connectivity index (χ1v) is 9.92. The Balaban J connectivity index is 1.93. The zero-order valence-corrected chi connectivity index (χ0v) is 15.6. The van der Waals surface area contributed by atoms with E-state index in [9.17, 15) is 13.2 Å². The van der Waals surface area contributed by atoms with Gasteiger partial charge in [-0.15, -0.1) is 0 Å². The summed E-state index contributed by atoms with van der Waals surface area (Å²) in [5.41, 5.74) is 0. The highest BCUT2D eigenvalue weighted by Crippen LogP contribution is 2.24. The molecule has 0 spiro atoms. The van der Waals surface area contributed by atoms with E-state index >= 15 is 0 Å². The molecule has 1 atom stereocenters. The number of carbonyl (C=O) groups excluding carboxylic acids is 1. The van der Waals surface area contributed by atoms with Gasteiger partial charge in [-0.2, -0.15) is 4.31 Å². The summed E-state index contributed by atoms with van der Waals surface area (Å²) in [6, 6.07) is 6.61. The van der Waals surface area contributed by atoms with Crippen LogP contribution in [0.5, 0.6) is 0 Å². The molecule has 6 nitrogen and oxygen atoms in total. The largest absolute Gasteiger partial charge is 0.353 e. The van der Waals surface area contributed by atoms with Gasteiger partial charge in [0.15, 0.2) is 0 Å². The molecule has 1 heterocycles. The average molecular weight is 374 g/mol. The number of piperazine rings is 1. The quantitative estimate of drug-likeness (QED) is 0.821. The first kappa shape index (κ1) is 19.2. The fourth-order valence-corrected chi connectivity index (χ4v) is 4.46. The topological polar surface area (TPSA) is 69.7 Å². The van der Waals surface area contributed by atoms with Gasteiger partial charge >= 0.3 is 0 Å². The highest BCUT2D eigenvalue weighted by Gasteiger charge is 2.30. The average Bonchev–Trinajstić information content (AvgIpc) is 2.55. The van der Waals surface area contributed by atoms with E-state index in [1.807, 2.05) is 18.7 Å². The lowest BCUT2D eigenvalue weighted by Gasteiger charge is -2.33. The standard InChI is InChI=1S/C16H24ClN3O3S/c1-3-13(2)18-16(21)12-19-8-10-20(11-9-19)24(22,23)15-7-5-4-6-14(15)17/h4-7,13H,3,8-12H2,1-2H3,(H,18,21)/t13-/m1/s1. The van der Waals surface area contributed by atoms with Crippen molar-refractivity contribution in [1.29, 1.82) is 0 Å². The molecule has 0 radical (unpaired) electrons. The Morgan fingerprint density at radius 3 is 2.46 bits per heavy atom. The first-order chi connectivity index (χ1) is 11.3. The van der Waals surface area contributed by atoms with Crippen LogP contribution < -0.4 is 5.32 Å². The second kappa shape index (κ2) is 8.29. The Morgan fingerprint density at radius 2 is 1.88 bits per heavy atom. The minimum absolute atomic E-state index is 0.0215. The van der Waals surface area contributed by atoms with E-state index < -0.39 is 10.0 Å². The van der Waals surface area contributed by atoms with Crippen molar-refractivity contribution in [3.8, 4) is 0 Å². The van der Waals surface area contributed by atoms with E-state index in [1.165, 1.54) is 10.4 Å². The van der Waals surface area contributed by atoms with Crippen molar-refractivity contribution in [1.82, 2.24) is 14.5 Å². The molecule has 1 saturated heterocycles. The second-order valence-corrected chi connectivity index (χ2v) is 8.30. The number of nitrogens with zero attached hydrogens (tertiary/aromatic N) is 2. The summed E-state index contributed by atoms with van der Waals surface area (Å²) < 4.78 is 26.8. The first-order valence-electron chi connectivity index (χ1n) is 8.11. The molecule has 0 unspecified atom stereocenters. The van der Waals surface area contributed by atoms with Gasteiger partial charge in [-0.05, 0) is 25.5 Å². The maximum atomic E-state index is 12.7. The van der Waals surface area contributed by atoms with Gasteiger partial charge < -0.3 is 5.32 Å². The molecule has 134 valence electrons. The van der Waals surface area contributed by atoms with Gasteiger partial charge in [-0.25, -0.2) is 8.42 Å². The van der Waals surface area contributed by atoms with Crippen LogP contribution in [0.15, 0.2) is 29.2 Å². The Bertz CT molecular complexity index is 673. The lowest BCUT2D eigenvalue weighted by Crippen LogP contribution is -2.51. The summed E-state index contributed by atoms with van der Waals surface area (Å²) in [6.07, 6.45) is 0.885. The maximum Gasteiger partial charge on any atom is 0.244 e. The van der Waals surface area contributed by atoms with Crippen molar-refractivity contribution in [2.75, 3.05) is 32.7 Å². The molecule has 1 aromatic carbocycles. The Labute approximate surface area is 148 Å². The molecule has 24 heavy (non-hydrogen) atoms. The highest BCUT2D eigenvalue weighted by atomic mass is 35.5. The molecule has 2 rings (SSSR count). The smallest absolute Gasteiger partial charge is 0.244 e. The van der Waals surface area contributed by atoms with Gasteiger partial charge in [0.05, 0.1) is 11.6 Å². The van der Waals surface area contributed by atoms with E-state index in [2.05, 4.69) is 5.32 Å². The van der Waals surface area contributed by atoms with Gasteiger partial charge in [-0.3, -0.25) is 9.69 Å². The molecule has 1 aliphatic heterocycles. The van der Waals surface area contributed by atoms with Crippen LogP contribution in [0.3, 0.4) is 0 Å². The molecule has 8 heteroatoms. The zero-order chi connectivity index (χ0) is 17.7. The molecule has 1 aliphatic rings. The molecule has 0 aliphatic carbocycles. The van der Waals surface area contributed by atoms with Crippen molar-refractivity contribution < 1.29 is 13.2 Å². The number of hydrogen-bond donors (Lipinski definition) is 1. The van der Waals surface area contributed by atoms with Gasteiger partial charge in [0.1, 0.15) is 4.90 Å². The highest BCUT2D eigenvalue weighted by molar-refractivity contribution is 7.89. The lowest BCUT2D eigenvalue weighted by atomic mass is 10.2. The normalized spacial score (nSPS) is 18.3. The molecule has 1 N–H and O–H groups in total. The number of carbonyl (C=O) groups is 1. The molecule has 0 aromatic heterocycles. The van der Waals surface area contributed by atoms with E-state index in [0.29, 0.717) is 32.7 Å². The SMILES string of the molecule is CC[C@@H](C)NC(=O)CN1CCN(S(=O)(=O)c2ccccc2Cl)CC1. The Kier molecular flexibility index (Phi) is 6.62. The summed E-state index contributed by atoms with van der Waals surface area (Å²) >= 11 is 6.02. The number of sulfonamides is 1. The molecule has 0 saturated carbocycles. The van der Waals surface area contributed by atoms with Crippen LogP contribution in [0.1, 0.15) is 20.3 Å². The third-order valence-electron chi connectivity index (χ3n) is 4.17. The van der Waals surface area contributed by atoms with Gasteiger partial charge in [-0.1, -0.05) is 30.7 Å². The van der Waals surface area contributed by atoms with Crippen molar-refractivity contribution in [3.63, 3.8) is 0 Å². The maximum absolute atomic E-state index is 12.7. The Hall–Kier alpha value is -1.15. The van der Waals surface area contributed by atoms with E-state index in [4.69, 9.17) is 11.6 Å². The van der Waals surface area contributed by atoms with Crippen LogP contribution in [0.4, 0.5) is 0 Å². The number of rotatable bonds is 6. The predicted octanol–water partition coefficient (Wildman–Crippen LogP) is 1.56. The minimum atomic E-state index is -3.59. The third-order valence-corrected chi connectivity index (χ3v) is 6.57. The van der Waals surface area contributed by atoms with Crippen LogP contribution in [-0.4, -0.2) is 62.3 Å². The summed E-state index contributed by atoms with van der Waals surface area (Å²) in [4.78, 5) is 14.0. The second-order valence-electron chi connectivity index (χ2n) is 5.99.